The van der Waals surface area contributed by atoms with Crippen molar-refractivity contribution in [2.24, 2.45) is 0 Å². The van der Waals surface area contributed by atoms with E-state index in [1.54, 1.807) is 0 Å². The van der Waals surface area contributed by atoms with Crippen LogP contribution >= 0.6 is 12.2 Å². The summed E-state index contributed by atoms with van der Waals surface area (Å²) in [5, 5.41) is 15.8. The Morgan fingerprint density at radius 2 is 1.78 bits per heavy atom. The number of hydrogen-bond acceptors (Lipinski definition) is 2. The van der Waals surface area contributed by atoms with Crippen molar-refractivity contribution in [1.82, 2.24) is 5.32 Å². The molecule has 0 aliphatic rings. The molecule has 1 atom stereocenters. The average Bonchev–Trinajstić information content (AvgIpc) is 2.56. The zero-order valence-electron chi connectivity index (χ0n) is 13.3. The molecule has 2 rings (SSSR count). The van der Waals surface area contributed by atoms with E-state index >= 15 is 0 Å². The van der Waals surface area contributed by atoms with Crippen LogP contribution in [0, 0.1) is 11.3 Å². The lowest BCUT2D eigenvalue weighted by Gasteiger charge is -2.17. The summed E-state index contributed by atoms with van der Waals surface area (Å²) in [7, 11) is 0. The summed E-state index contributed by atoms with van der Waals surface area (Å²) in [6, 6.07) is 20.6. The smallest absolute Gasteiger partial charge is 0.170 e. The highest BCUT2D eigenvalue weighted by atomic mass is 32.1. The first-order valence-corrected chi connectivity index (χ1v) is 8.15. The Hall–Kier alpha value is -2.38. The Morgan fingerprint density at radius 3 is 2.43 bits per heavy atom. The van der Waals surface area contributed by atoms with Gasteiger partial charge in [0.25, 0.3) is 0 Å². The number of nitrogens with zero attached hydrogens (tertiary/aromatic N) is 1. The molecule has 0 saturated heterocycles. The number of rotatable bonds is 6. The van der Waals surface area contributed by atoms with E-state index in [4.69, 9.17) is 17.5 Å². The number of anilines is 1. The molecule has 0 unspecified atom stereocenters. The van der Waals surface area contributed by atoms with E-state index in [0.717, 1.165) is 24.1 Å². The molecule has 118 valence electrons. The maximum Gasteiger partial charge on any atom is 0.170 e. The van der Waals surface area contributed by atoms with E-state index < -0.39 is 0 Å². The number of nitriles is 1. The molecule has 0 saturated carbocycles. The van der Waals surface area contributed by atoms with Crippen LogP contribution in [0.3, 0.4) is 0 Å². The molecule has 0 bridgehead atoms. The molecule has 0 spiro atoms. The van der Waals surface area contributed by atoms with Gasteiger partial charge in [0.2, 0.25) is 0 Å². The van der Waals surface area contributed by atoms with Crippen LogP contribution in [-0.2, 0) is 12.8 Å². The number of benzene rings is 2. The minimum absolute atomic E-state index is 0.299. The highest BCUT2D eigenvalue weighted by Crippen LogP contribution is 2.10. The van der Waals surface area contributed by atoms with Crippen LogP contribution < -0.4 is 10.6 Å². The highest BCUT2D eigenvalue weighted by Gasteiger charge is 2.05. The molecule has 23 heavy (non-hydrogen) atoms. The summed E-state index contributed by atoms with van der Waals surface area (Å²) in [6.07, 6.45) is 2.48. The van der Waals surface area contributed by atoms with Gasteiger partial charge in [0, 0.05) is 11.7 Å². The van der Waals surface area contributed by atoms with Crippen LogP contribution in [0.15, 0.2) is 54.6 Å². The lowest BCUT2D eigenvalue weighted by Crippen LogP contribution is -2.36. The third-order valence-corrected chi connectivity index (χ3v) is 3.80. The predicted molar refractivity (Wildman–Crippen MR) is 99.3 cm³/mol. The quantitative estimate of drug-likeness (QED) is 0.787. The largest absolute Gasteiger partial charge is 0.360 e. The number of aryl methyl sites for hydroxylation is 1. The maximum atomic E-state index is 8.67. The topological polar surface area (TPSA) is 47.8 Å². The molecule has 0 heterocycles. The first-order valence-electron chi connectivity index (χ1n) is 7.74. The molecule has 0 radical (unpaired) electrons. The summed E-state index contributed by atoms with van der Waals surface area (Å²) in [5.41, 5.74) is 3.28. The van der Waals surface area contributed by atoms with Gasteiger partial charge >= 0.3 is 0 Å². The Kier molecular flexibility index (Phi) is 6.58. The van der Waals surface area contributed by atoms with E-state index in [9.17, 15) is 0 Å². The Bertz CT molecular complexity index is 659. The van der Waals surface area contributed by atoms with Gasteiger partial charge in [0.05, 0.1) is 12.5 Å². The van der Waals surface area contributed by atoms with E-state index in [1.165, 1.54) is 5.56 Å². The molecule has 4 heteroatoms. The van der Waals surface area contributed by atoms with Gasteiger partial charge in [0.1, 0.15) is 0 Å². The fraction of sp³-hybridized carbons (Fsp3) is 0.263. The second-order valence-electron chi connectivity index (χ2n) is 5.56. The lowest BCUT2D eigenvalue weighted by atomic mass is 10.1. The van der Waals surface area contributed by atoms with Crippen molar-refractivity contribution >= 4 is 23.0 Å². The molecule has 0 aliphatic carbocycles. The molecule has 0 aliphatic heterocycles. The molecule has 2 aromatic carbocycles. The van der Waals surface area contributed by atoms with Crippen LogP contribution in [-0.4, -0.2) is 11.2 Å². The SMILES string of the molecule is C[C@@H](CCc1ccccc1)NC(=S)Nc1ccc(CC#N)cc1. The van der Waals surface area contributed by atoms with Gasteiger partial charge in [-0.3, -0.25) is 0 Å². The fourth-order valence-electron chi connectivity index (χ4n) is 2.29. The van der Waals surface area contributed by atoms with Crippen LogP contribution in [0.25, 0.3) is 0 Å². The van der Waals surface area contributed by atoms with Crippen molar-refractivity contribution in [3.63, 3.8) is 0 Å². The van der Waals surface area contributed by atoms with E-state index in [0.29, 0.717) is 17.6 Å². The number of thiocarbonyl (C=S) groups is 1. The molecular formula is C19H21N3S. The molecular weight excluding hydrogens is 302 g/mol. The van der Waals surface area contributed by atoms with Gasteiger partial charge in [-0.2, -0.15) is 5.26 Å². The second kappa shape index (κ2) is 8.92. The van der Waals surface area contributed by atoms with Gasteiger partial charge in [-0.1, -0.05) is 42.5 Å². The maximum absolute atomic E-state index is 8.67. The summed E-state index contributed by atoms with van der Waals surface area (Å²) >= 11 is 5.35. The molecule has 2 N–H and O–H groups in total. The minimum atomic E-state index is 0.299. The highest BCUT2D eigenvalue weighted by molar-refractivity contribution is 7.80. The third-order valence-electron chi connectivity index (χ3n) is 3.58. The van der Waals surface area contributed by atoms with Crippen LogP contribution in [0.2, 0.25) is 0 Å². The number of nitrogens with one attached hydrogen (secondary N) is 2. The minimum Gasteiger partial charge on any atom is -0.360 e. The van der Waals surface area contributed by atoms with Crippen molar-refractivity contribution in [2.75, 3.05) is 5.32 Å². The average molecular weight is 323 g/mol. The summed E-state index contributed by atoms with van der Waals surface area (Å²) in [4.78, 5) is 0. The zero-order valence-corrected chi connectivity index (χ0v) is 14.1. The number of hydrogen-bond donors (Lipinski definition) is 2. The van der Waals surface area contributed by atoms with Crippen molar-refractivity contribution in [3.05, 3.63) is 65.7 Å². The van der Waals surface area contributed by atoms with E-state index in [2.05, 4.69) is 47.9 Å². The van der Waals surface area contributed by atoms with Gasteiger partial charge in [0.15, 0.2) is 5.11 Å². The molecule has 0 fully saturated rings. The van der Waals surface area contributed by atoms with Crippen molar-refractivity contribution in [2.45, 2.75) is 32.2 Å². The van der Waals surface area contributed by atoms with Crippen LogP contribution in [0.4, 0.5) is 5.69 Å². The Balaban J connectivity index is 1.76. The van der Waals surface area contributed by atoms with Crippen molar-refractivity contribution in [3.8, 4) is 6.07 Å². The van der Waals surface area contributed by atoms with Gasteiger partial charge in [-0.25, -0.2) is 0 Å². The van der Waals surface area contributed by atoms with Crippen molar-refractivity contribution < 1.29 is 0 Å². The first-order chi connectivity index (χ1) is 11.2. The monoisotopic (exact) mass is 323 g/mol. The molecule has 0 aromatic heterocycles. The molecule has 2 aromatic rings. The molecule has 0 amide bonds. The van der Waals surface area contributed by atoms with Crippen LogP contribution in [0.5, 0.6) is 0 Å². The van der Waals surface area contributed by atoms with E-state index in [1.807, 2.05) is 30.3 Å². The second-order valence-corrected chi connectivity index (χ2v) is 5.96. The van der Waals surface area contributed by atoms with Crippen molar-refractivity contribution in [1.29, 1.82) is 5.26 Å². The third kappa shape index (κ3) is 6.09. The molecule has 3 nitrogen and oxygen atoms in total. The first kappa shape index (κ1) is 17.0. The van der Waals surface area contributed by atoms with Gasteiger partial charge < -0.3 is 10.6 Å². The van der Waals surface area contributed by atoms with E-state index in [-0.39, 0.29) is 0 Å². The zero-order chi connectivity index (χ0) is 16.5. The van der Waals surface area contributed by atoms with Crippen LogP contribution in [0.1, 0.15) is 24.5 Å². The van der Waals surface area contributed by atoms with Gasteiger partial charge in [-0.15, -0.1) is 0 Å². The summed E-state index contributed by atoms with van der Waals surface area (Å²) in [5.74, 6) is 0. The summed E-state index contributed by atoms with van der Waals surface area (Å²) in [6.45, 7) is 2.13. The normalized spacial score (nSPS) is 11.3. The predicted octanol–water partition coefficient (Wildman–Crippen LogP) is 4.06. The Morgan fingerprint density at radius 1 is 1.09 bits per heavy atom. The standard InChI is InChI=1S/C19H21N3S/c1-15(7-8-16-5-3-2-4-6-16)21-19(23)22-18-11-9-17(10-12-18)13-14-20/h2-6,9-12,15H,7-8,13H2,1H3,(H2,21,22,23)/t15-/m0/s1. The lowest BCUT2D eigenvalue weighted by molar-refractivity contribution is 0.609. The fourth-order valence-corrected chi connectivity index (χ4v) is 2.61. The summed E-state index contributed by atoms with van der Waals surface area (Å²) < 4.78 is 0. The Labute approximate surface area is 143 Å². The van der Waals surface area contributed by atoms with Gasteiger partial charge in [-0.05, 0) is 55.2 Å².